The van der Waals surface area contributed by atoms with Crippen molar-refractivity contribution in [2.24, 2.45) is 0 Å². The Bertz CT molecular complexity index is 1060. The molecule has 1 fully saturated rings. The molecular weight excluding hydrogens is 424 g/mol. The molecule has 1 aliphatic heterocycles. The molecule has 1 saturated heterocycles. The summed E-state index contributed by atoms with van der Waals surface area (Å²) in [6.07, 6.45) is 0.162. The first-order valence-electron chi connectivity index (χ1n) is 10.4. The summed E-state index contributed by atoms with van der Waals surface area (Å²) in [5, 5.41) is 16.7. The average Bonchev–Trinajstić information content (AvgIpc) is 2.82. The number of carbonyl (C=O) groups excluding carboxylic acids is 4. The number of benzene rings is 2. The van der Waals surface area contributed by atoms with Crippen molar-refractivity contribution in [3.05, 3.63) is 71.3 Å². The molecule has 3 N–H and O–H groups in total. The quantitative estimate of drug-likeness (QED) is 0.499. The number of piperazine rings is 1. The lowest BCUT2D eigenvalue weighted by atomic mass is 10.0. The molecule has 2 aromatic carbocycles. The second kappa shape index (κ2) is 10.9. The minimum Gasteiger partial charge on any atom is -0.467 e. The Hall–Kier alpha value is -4.19. The summed E-state index contributed by atoms with van der Waals surface area (Å²) in [5.74, 6) is -2.07. The van der Waals surface area contributed by atoms with Gasteiger partial charge in [0.15, 0.2) is 0 Å². The van der Waals surface area contributed by atoms with Crippen LogP contribution in [0.25, 0.3) is 0 Å². The van der Waals surface area contributed by atoms with E-state index in [9.17, 15) is 19.2 Å². The van der Waals surface area contributed by atoms with Crippen molar-refractivity contribution >= 4 is 23.7 Å². The zero-order valence-corrected chi connectivity index (χ0v) is 18.0. The van der Waals surface area contributed by atoms with Crippen LogP contribution in [0.15, 0.2) is 54.6 Å². The van der Waals surface area contributed by atoms with E-state index in [2.05, 4.69) is 16.0 Å². The number of hydrogen-bond donors (Lipinski definition) is 3. The average molecular weight is 448 g/mol. The van der Waals surface area contributed by atoms with Crippen molar-refractivity contribution < 1.29 is 23.9 Å². The Balaban J connectivity index is 1.58. The number of nitrogens with one attached hydrogen (secondary N) is 3. The van der Waals surface area contributed by atoms with Crippen molar-refractivity contribution in [2.75, 3.05) is 7.11 Å². The van der Waals surface area contributed by atoms with Gasteiger partial charge in [-0.3, -0.25) is 14.4 Å². The van der Waals surface area contributed by atoms with Crippen LogP contribution in [0.1, 0.15) is 23.1 Å². The fourth-order valence-corrected chi connectivity index (χ4v) is 3.54. The summed E-state index contributed by atoms with van der Waals surface area (Å²) in [7, 11) is 1.21. The Labute approximate surface area is 191 Å². The molecule has 3 atom stereocenters. The van der Waals surface area contributed by atoms with Gasteiger partial charge < -0.3 is 20.7 Å². The largest absolute Gasteiger partial charge is 0.467 e. The van der Waals surface area contributed by atoms with Gasteiger partial charge in [-0.2, -0.15) is 5.26 Å². The first-order valence-corrected chi connectivity index (χ1v) is 10.4. The maximum atomic E-state index is 12.6. The molecule has 0 unspecified atom stereocenters. The third-order valence-corrected chi connectivity index (χ3v) is 5.28. The van der Waals surface area contributed by atoms with Crippen LogP contribution in [0.5, 0.6) is 0 Å². The van der Waals surface area contributed by atoms with Gasteiger partial charge in [0.05, 0.1) is 25.2 Å². The molecule has 2 aromatic rings. The number of hydrogen-bond acceptors (Lipinski definition) is 6. The standard InChI is InChI=1S/C24H24N4O5/c1-33-24(32)20(12-16-7-9-17(14-25)10-8-16)26-21(29)13-19-23(31)27-18(22(30)28-19)11-15-5-3-2-4-6-15/h2-10,18-20H,11-13H2,1H3,(H,26,29)(H,27,31)(H,28,30)/t18-,19-,20+/m0/s1. The van der Waals surface area contributed by atoms with Gasteiger partial charge >= 0.3 is 5.97 Å². The van der Waals surface area contributed by atoms with E-state index in [0.29, 0.717) is 12.0 Å². The predicted octanol–water partition coefficient (Wildman–Crippen LogP) is 0.375. The van der Waals surface area contributed by atoms with Crippen LogP contribution in [0.3, 0.4) is 0 Å². The van der Waals surface area contributed by atoms with Crippen molar-refractivity contribution in [3.63, 3.8) is 0 Å². The molecule has 170 valence electrons. The highest BCUT2D eigenvalue weighted by Gasteiger charge is 2.35. The molecule has 0 radical (unpaired) electrons. The fraction of sp³-hybridized carbons (Fsp3) is 0.292. The Morgan fingerprint density at radius 2 is 1.64 bits per heavy atom. The summed E-state index contributed by atoms with van der Waals surface area (Å²) >= 11 is 0. The van der Waals surface area contributed by atoms with E-state index in [1.807, 2.05) is 36.4 Å². The van der Waals surface area contributed by atoms with Crippen LogP contribution in [0, 0.1) is 11.3 Å². The van der Waals surface area contributed by atoms with Gasteiger partial charge in [-0.05, 0) is 23.3 Å². The number of ether oxygens (including phenoxy) is 1. The SMILES string of the molecule is COC(=O)[C@@H](Cc1ccc(C#N)cc1)NC(=O)C[C@@H]1NC(=O)[C@H](Cc2ccccc2)NC1=O. The monoisotopic (exact) mass is 448 g/mol. The number of nitriles is 1. The molecule has 0 saturated carbocycles. The van der Waals surface area contributed by atoms with Gasteiger partial charge in [0, 0.05) is 12.8 Å². The summed E-state index contributed by atoms with van der Waals surface area (Å²) < 4.78 is 4.77. The third kappa shape index (κ3) is 6.40. The van der Waals surface area contributed by atoms with E-state index in [1.165, 1.54) is 7.11 Å². The van der Waals surface area contributed by atoms with Gasteiger partial charge in [0.2, 0.25) is 17.7 Å². The molecule has 9 heteroatoms. The molecule has 3 rings (SSSR count). The van der Waals surface area contributed by atoms with Crippen molar-refractivity contribution in [3.8, 4) is 6.07 Å². The van der Waals surface area contributed by atoms with E-state index in [4.69, 9.17) is 10.00 Å². The highest BCUT2D eigenvalue weighted by molar-refractivity contribution is 5.99. The lowest BCUT2D eigenvalue weighted by Gasteiger charge is -2.29. The number of carbonyl (C=O) groups is 4. The van der Waals surface area contributed by atoms with Gasteiger partial charge in [-0.25, -0.2) is 4.79 Å². The first kappa shape index (κ1) is 23.5. The molecular formula is C24H24N4O5. The van der Waals surface area contributed by atoms with Crippen LogP contribution in [-0.2, 0) is 36.8 Å². The van der Waals surface area contributed by atoms with E-state index in [0.717, 1.165) is 11.1 Å². The number of amides is 3. The number of nitrogens with zero attached hydrogens (tertiary/aromatic N) is 1. The molecule has 1 heterocycles. The van der Waals surface area contributed by atoms with Gasteiger partial charge in [-0.1, -0.05) is 42.5 Å². The summed E-state index contributed by atoms with van der Waals surface area (Å²) in [6.45, 7) is 0. The molecule has 0 aromatic heterocycles. The maximum absolute atomic E-state index is 12.6. The molecule has 3 amide bonds. The normalized spacial score (nSPS) is 18.3. The Morgan fingerprint density at radius 1 is 1.00 bits per heavy atom. The third-order valence-electron chi connectivity index (χ3n) is 5.28. The lowest BCUT2D eigenvalue weighted by Crippen LogP contribution is -2.63. The first-order chi connectivity index (χ1) is 15.9. The summed E-state index contributed by atoms with van der Waals surface area (Å²) in [5.41, 5.74) is 2.09. The second-order valence-electron chi connectivity index (χ2n) is 7.67. The van der Waals surface area contributed by atoms with Crippen LogP contribution in [-0.4, -0.2) is 48.9 Å². The lowest BCUT2D eigenvalue weighted by molar-refractivity contribution is -0.145. The topological polar surface area (TPSA) is 137 Å². The Morgan fingerprint density at radius 3 is 2.27 bits per heavy atom. The zero-order chi connectivity index (χ0) is 23.8. The molecule has 0 bridgehead atoms. The predicted molar refractivity (Wildman–Crippen MR) is 117 cm³/mol. The molecule has 0 spiro atoms. The van der Waals surface area contributed by atoms with Crippen molar-refractivity contribution in [1.29, 1.82) is 5.26 Å². The Kier molecular flexibility index (Phi) is 7.76. The van der Waals surface area contributed by atoms with Gasteiger partial charge in [-0.15, -0.1) is 0 Å². The zero-order valence-electron chi connectivity index (χ0n) is 18.0. The highest BCUT2D eigenvalue weighted by Crippen LogP contribution is 2.10. The number of methoxy groups -OCH3 is 1. The van der Waals surface area contributed by atoms with Crippen LogP contribution in [0.2, 0.25) is 0 Å². The fourth-order valence-electron chi connectivity index (χ4n) is 3.54. The van der Waals surface area contributed by atoms with E-state index < -0.39 is 35.9 Å². The summed E-state index contributed by atoms with van der Waals surface area (Å²) in [6, 6.07) is 15.1. The van der Waals surface area contributed by atoms with E-state index in [1.54, 1.807) is 24.3 Å². The van der Waals surface area contributed by atoms with Gasteiger partial charge in [0.1, 0.15) is 18.1 Å². The molecule has 1 aliphatic rings. The van der Waals surface area contributed by atoms with Crippen LogP contribution >= 0.6 is 0 Å². The smallest absolute Gasteiger partial charge is 0.328 e. The number of esters is 1. The molecule has 9 nitrogen and oxygen atoms in total. The maximum Gasteiger partial charge on any atom is 0.328 e. The van der Waals surface area contributed by atoms with Crippen LogP contribution < -0.4 is 16.0 Å². The van der Waals surface area contributed by atoms with Crippen molar-refractivity contribution in [1.82, 2.24) is 16.0 Å². The van der Waals surface area contributed by atoms with Crippen molar-refractivity contribution in [2.45, 2.75) is 37.4 Å². The summed E-state index contributed by atoms with van der Waals surface area (Å²) in [4.78, 5) is 49.7. The van der Waals surface area contributed by atoms with E-state index in [-0.39, 0.29) is 18.7 Å². The van der Waals surface area contributed by atoms with E-state index >= 15 is 0 Å². The van der Waals surface area contributed by atoms with Crippen LogP contribution in [0.4, 0.5) is 0 Å². The second-order valence-corrected chi connectivity index (χ2v) is 7.67. The number of rotatable bonds is 8. The highest BCUT2D eigenvalue weighted by atomic mass is 16.5. The minimum atomic E-state index is -1.04. The molecule has 0 aliphatic carbocycles. The minimum absolute atomic E-state index is 0.145. The van der Waals surface area contributed by atoms with Gasteiger partial charge in [0.25, 0.3) is 0 Å². The molecule has 33 heavy (non-hydrogen) atoms.